The van der Waals surface area contributed by atoms with E-state index in [0.29, 0.717) is 5.02 Å². The number of Topliss-reactive ketones (excluding diaryl/α,β-unsaturated/α-hetero) is 1. The van der Waals surface area contributed by atoms with E-state index in [1.165, 1.54) is 0 Å². The van der Waals surface area contributed by atoms with Crippen molar-refractivity contribution in [3.63, 3.8) is 0 Å². The van der Waals surface area contributed by atoms with Gasteiger partial charge < -0.3 is 5.32 Å². The molecule has 2 aromatic rings. The third kappa shape index (κ3) is 2.77. The van der Waals surface area contributed by atoms with Crippen LogP contribution >= 0.6 is 11.6 Å². The zero-order valence-corrected chi connectivity index (χ0v) is 14.1. The lowest BCUT2D eigenvalue weighted by Crippen LogP contribution is -2.39. The first-order valence-corrected chi connectivity index (χ1v) is 7.90. The van der Waals surface area contributed by atoms with Crippen LogP contribution in [0.2, 0.25) is 5.02 Å². The van der Waals surface area contributed by atoms with Gasteiger partial charge >= 0.3 is 0 Å². The largest absolute Gasteiger partial charge is 0.343 e. The SMILES string of the molecule is Cc1cc(-c2ccc(Cl)cc2)ccc1C1C(=O)NC(C)(C)C1=O. The standard InChI is InChI=1S/C19H18ClNO2/c1-11-10-13(12-4-7-14(20)8-5-12)6-9-15(11)16-17(22)19(2,3)21-18(16)23/h4-10,16H,1-3H3,(H,21,23). The Morgan fingerprint density at radius 3 is 2.13 bits per heavy atom. The summed E-state index contributed by atoms with van der Waals surface area (Å²) in [7, 11) is 0. The summed E-state index contributed by atoms with van der Waals surface area (Å²) in [4.78, 5) is 24.7. The third-order valence-corrected chi connectivity index (χ3v) is 4.59. The third-order valence-electron chi connectivity index (χ3n) is 4.33. The molecule has 3 nitrogen and oxygen atoms in total. The lowest BCUT2D eigenvalue weighted by atomic mass is 9.86. The predicted octanol–water partition coefficient (Wildman–Crippen LogP) is 3.88. The number of aryl methyl sites for hydroxylation is 1. The van der Waals surface area contributed by atoms with Crippen LogP contribution in [0.1, 0.15) is 30.9 Å². The van der Waals surface area contributed by atoms with Gasteiger partial charge in [0.25, 0.3) is 0 Å². The number of carbonyl (C=O) groups excluding carboxylic acids is 2. The molecule has 0 aromatic heterocycles. The molecule has 1 unspecified atom stereocenters. The van der Waals surface area contributed by atoms with Crippen molar-refractivity contribution in [2.45, 2.75) is 32.2 Å². The summed E-state index contributed by atoms with van der Waals surface area (Å²) in [5.74, 6) is -1.02. The molecule has 3 rings (SSSR count). The average Bonchev–Trinajstić information content (AvgIpc) is 2.69. The van der Waals surface area contributed by atoms with Crippen LogP contribution in [0.25, 0.3) is 11.1 Å². The van der Waals surface area contributed by atoms with E-state index in [1.54, 1.807) is 13.8 Å². The van der Waals surface area contributed by atoms with E-state index in [1.807, 2.05) is 49.4 Å². The van der Waals surface area contributed by atoms with Gasteiger partial charge in [0.1, 0.15) is 5.92 Å². The molecule has 1 N–H and O–H groups in total. The van der Waals surface area contributed by atoms with Crippen LogP contribution in [-0.2, 0) is 9.59 Å². The van der Waals surface area contributed by atoms with E-state index in [0.717, 1.165) is 22.3 Å². The minimum Gasteiger partial charge on any atom is -0.343 e. The van der Waals surface area contributed by atoms with Gasteiger partial charge in [0.2, 0.25) is 5.91 Å². The molecule has 1 heterocycles. The minimum atomic E-state index is -0.803. The van der Waals surface area contributed by atoms with E-state index >= 15 is 0 Å². The van der Waals surface area contributed by atoms with Gasteiger partial charge in [0.15, 0.2) is 5.78 Å². The van der Waals surface area contributed by atoms with Crippen molar-refractivity contribution < 1.29 is 9.59 Å². The van der Waals surface area contributed by atoms with Crippen LogP contribution in [-0.4, -0.2) is 17.2 Å². The lowest BCUT2D eigenvalue weighted by Gasteiger charge is -2.16. The number of halogens is 1. The summed E-state index contributed by atoms with van der Waals surface area (Å²) in [6.45, 7) is 5.41. The summed E-state index contributed by atoms with van der Waals surface area (Å²) < 4.78 is 0. The molecule has 1 amide bonds. The van der Waals surface area contributed by atoms with Crippen molar-refractivity contribution in [2.75, 3.05) is 0 Å². The highest BCUT2D eigenvalue weighted by Gasteiger charge is 2.47. The Kier molecular flexibility index (Phi) is 3.77. The maximum absolute atomic E-state index is 12.5. The maximum atomic E-state index is 12.5. The van der Waals surface area contributed by atoms with Crippen LogP contribution in [0.3, 0.4) is 0 Å². The normalized spacial score (nSPS) is 19.7. The number of ketones is 1. The van der Waals surface area contributed by atoms with Crippen molar-refractivity contribution in [1.29, 1.82) is 0 Å². The Bertz CT molecular complexity index is 794. The molecule has 2 aromatic carbocycles. The molecule has 23 heavy (non-hydrogen) atoms. The molecule has 1 atom stereocenters. The molecular formula is C19H18ClNO2. The zero-order chi connectivity index (χ0) is 16.8. The van der Waals surface area contributed by atoms with E-state index in [4.69, 9.17) is 11.6 Å². The summed E-state index contributed by atoms with van der Waals surface area (Å²) in [6, 6.07) is 13.4. The molecule has 0 aliphatic carbocycles. The van der Waals surface area contributed by atoms with E-state index in [2.05, 4.69) is 5.32 Å². The summed E-state index contributed by atoms with van der Waals surface area (Å²) >= 11 is 5.92. The Hall–Kier alpha value is -2.13. The van der Waals surface area contributed by atoms with Crippen LogP contribution in [0, 0.1) is 6.92 Å². The van der Waals surface area contributed by atoms with Crippen LogP contribution < -0.4 is 5.32 Å². The number of amides is 1. The molecule has 1 saturated heterocycles. The maximum Gasteiger partial charge on any atom is 0.235 e. The Balaban J connectivity index is 1.99. The first kappa shape index (κ1) is 15.8. The molecule has 1 fully saturated rings. The number of hydrogen-bond acceptors (Lipinski definition) is 2. The highest BCUT2D eigenvalue weighted by Crippen LogP contribution is 2.33. The monoisotopic (exact) mass is 327 g/mol. The Labute approximate surface area is 140 Å². The molecule has 4 heteroatoms. The van der Waals surface area contributed by atoms with Gasteiger partial charge in [-0.2, -0.15) is 0 Å². The van der Waals surface area contributed by atoms with Crippen LogP contribution in [0.4, 0.5) is 0 Å². The van der Waals surface area contributed by atoms with Gasteiger partial charge in [-0.3, -0.25) is 9.59 Å². The van der Waals surface area contributed by atoms with Crippen molar-refractivity contribution in [3.05, 3.63) is 58.6 Å². The van der Waals surface area contributed by atoms with E-state index in [9.17, 15) is 9.59 Å². The molecule has 118 valence electrons. The molecule has 0 radical (unpaired) electrons. The topological polar surface area (TPSA) is 46.2 Å². The number of nitrogens with one attached hydrogen (secondary N) is 1. The second-order valence-corrected chi connectivity index (χ2v) is 6.93. The van der Waals surface area contributed by atoms with E-state index in [-0.39, 0.29) is 11.7 Å². The lowest BCUT2D eigenvalue weighted by molar-refractivity contribution is -0.125. The van der Waals surface area contributed by atoms with Gasteiger partial charge in [-0.15, -0.1) is 0 Å². The second-order valence-electron chi connectivity index (χ2n) is 6.49. The molecule has 1 aliphatic rings. The second kappa shape index (κ2) is 5.50. The highest BCUT2D eigenvalue weighted by molar-refractivity contribution is 6.30. The summed E-state index contributed by atoms with van der Waals surface area (Å²) in [5, 5.41) is 3.46. The number of hydrogen-bond donors (Lipinski definition) is 1. The van der Waals surface area contributed by atoms with Crippen molar-refractivity contribution >= 4 is 23.3 Å². The average molecular weight is 328 g/mol. The zero-order valence-electron chi connectivity index (χ0n) is 13.3. The molecule has 0 spiro atoms. The van der Waals surface area contributed by atoms with Gasteiger partial charge in [-0.1, -0.05) is 41.9 Å². The van der Waals surface area contributed by atoms with Crippen molar-refractivity contribution in [3.8, 4) is 11.1 Å². The van der Waals surface area contributed by atoms with Gasteiger partial charge in [-0.25, -0.2) is 0 Å². The minimum absolute atomic E-state index is 0.0788. The number of benzene rings is 2. The quantitative estimate of drug-likeness (QED) is 0.851. The van der Waals surface area contributed by atoms with Crippen molar-refractivity contribution in [1.82, 2.24) is 5.32 Å². The predicted molar refractivity (Wildman–Crippen MR) is 91.6 cm³/mol. The molecule has 0 saturated carbocycles. The number of rotatable bonds is 2. The molecule has 0 bridgehead atoms. The fourth-order valence-corrected chi connectivity index (χ4v) is 3.15. The fourth-order valence-electron chi connectivity index (χ4n) is 3.03. The van der Waals surface area contributed by atoms with E-state index < -0.39 is 11.5 Å². The van der Waals surface area contributed by atoms with Crippen LogP contribution in [0.5, 0.6) is 0 Å². The number of carbonyl (C=O) groups is 2. The van der Waals surface area contributed by atoms with Crippen molar-refractivity contribution in [2.24, 2.45) is 0 Å². The van der Waals surface area contributed by atoms with Crippen LogP contribution in [0.15, 0.2) is 42.5 Å². The smallest absolute Gasteiger partial charge is 0.235 e. The van der Waals surface area contributed by atoms with Gasteiger partial charge in [0.05, 0.1) is 5.54 Å². The fraction of sp³-hybridized carbons (Fsp3) is 0.263. The van der Waals surface area contributed by atoms with Gasteiger partial charge in [0, 0.05) is 5.02 Å². The highest BCUT2D eigenvalue weighted by atomic mass is 35.5. The molecule has 1 aliphatic heterocycles. The Morgan fingerprint density at radius 1 is 1.00 bits per heavy atom. The first-order chi connectivity index (χ1) is 10.8. The van der Waals surface area contributed by atoms with Gasteiger partial charge in [-0.05, 0) is 55.2 Å². The Morgan fingerprint density at radius 2 is 1.61 bits per heavy atom. The first-order valence-electron chi connectivity index (χ1n) is 7.52. The summed E-state index contributed by atoms with van der Waals surface area (Å²) in [6.07, 6.45) is 0. The molecular weight excluding hydrogens is 310 g/mol. The summed E-state index contributed by atoms with van der Waals surface area (Å²) in [5.41, 5.74) is 2.99.